The number of pyridine rings is 1. The van der Waals surface area contributed by atoms with E-state index >= 15 is 0 Å². The van der Waals surface area contributed by atoms with Crippen molar-refractivity contribution in [3.8, 4) is 22.6 Å². The number of anilines is 2. The third-order valence-electron chi connectivity index (χ3n) is 2.64. The largest absolute Gasteiger partial charge is 0.493 e. The van der Waals surface area contributed by atoms with Crippen LogP contribution in [0.4, 0.5) is 11.6 Å². The van der Waals surface area contributed by atoms with Gasteiger partial charge < -0.3 is 20.9 Å². The highest BCUT2D eigenvalue weighted by Crippen LogP contribution is 2.39. The molecule has 0 aliphatic heterocycles. The molecule has 6 heteroatoms. The van der Waals surface area contributed by atoms with Crippen LogP contribution in [0.1, 0.15) is 0 Å². The van der Waals surface area contributed by atoms with E-state index in [2.05, 4.69) is 4.98 Å². The van der Waals surface area contributed by atoms with Crippen molar-refractivity contribution in [2.24, 2.45) is 0 Å². The zero-order chi connectivity index (χ0) is 13.1. The Morgan fingerprint density at radius 1 is 0.947 bits per heavy atom. The van der Waals surface area contributed by atoms with Gasteiger partial charge in [0.1, 0.15) is 11.6 Å². The molecule has 0 saturated carbocycles. The Labute approximate surface area is 117 Å². The molecule has 1 heterocycles. The second-order valence-corrected chi connectivity index (χ2v) is 3.71. The molecule has 1 aromatic heterocycles. The molecule has 2 rings (SSSR count). The van der Waals surface area contributed by atoms with Gasteiger partial charge in [-0.2, -0.15) is 0 Å². The first-order chi connectivity index (χ1) is 8.67. The van der Waals surface area contributed by atoms with E-state index in [1.54, 1.807) is 20.3 Å². The van der Waals surface area contributed by atoms with Crippen molar-refractivity contribution in [2.45, 2.75) is 0 Å². The average molecular weight is 282 g/mol. The van der Waals surface area contributed by atoms with E-state index in [1.807, 2.05) is 24.3 Å². The average Bonchev–Trinajstić information content (AvgIpc) is 2.37. The molecule has 0 bridgehead atoms. The number of nitrogen functional groups attached to an aromatic ring is 2. The Morgan fingerprint density at radius 3 is 2.26 bits per heavy atom. The van der Waals surface area contributed by atoms with Crippen LogP contribution >= 0.6 is 12.4 Å². The topological polar surface area (TPSA) is 83.4 Å². The number of hydrogen-bond acceptors (Lipinski definition) is 5. The molecule has 2 aromatic rings. The maximum atomic E-state index is 5.88. The number of hydrogen-bond donors (Lipinski definition) is 2. The standard InChI is InChI=1S/C13H15N3O2.ClH/c1-17-10-5-3-4-8(12(10)18-2)9-6-7-11(14)16-13(9)15;/h3-7H,1-2H3,(H4,14,15,16);1H. The van der Waals surface area contributed by atoms with Crippen LogP contribution < -0.4 is 20.9 Å². The van der Waals surface area contributed by atoms with E-state index < -0.39 is 0 Å². The van der Waals surface area contributed by atoms with Crippen LogP contribution in [0.2, 0.25) is 0 Å². The summed E-state index contributed by atoms with van der Waals surface area (Å²) in [7, 11) is 3.18. The van der Waals surface area contributed by atoms with Gasteiger partial charge in [0.05, 0.1) is 14.2 Å². The van der Waals surface area contributed by atoms with Crippen molar-refractivity contribution >= 4 is 24.0 Å². The molecular weight excluding hydrogens is 266 g/mol. The molecule has 0 unspecified atom stereocenters. The summed E-state index contributed by atoms with van der Waals surface area (Å²) in [6.45, 7) is 0. The van der Waals surface area contributed by atoms with Crippen LogP contribution in [0.5, 0.6) is 11.5 Å². The minimum Gasteiger partial charge on any atom is -0.493 e. The second kappa shape index (κ2) is 6.15. The van der Waals surface area contributed by atoms with E-state index in [0.717, 1.165) is 11.1 Å². The van der Waals surface area contributed by atoms with Crippen LogP contribution in [-0.4, -0.2) is 19.2 Å². The minimum atomic E-state index is 0. The van der Waals surface area contributed by atoms with Gasteiger partial charge in [0.15, 0.2) is 11.5 Å². The Morgan fingerprint density at radius 2 is 1.68 bits per heavy atom. The first-order valence-corrected chi connectivity index (χ1v) is 5.40. The molecule has 0 aliphatic carbocycles. The molecule has 102 valence electrons. The van der Waals surface area contributed by atoms with Gasteiger partial charge in [-0.05, 0) is 18.2 Å². The highest BCUT2D eigenvalue weighted by molar-refractivity contribution is 5.85. The molecule has 0 radical (unpaired) electrons. The monoisotopic (exact) mass is 281 g/mol. The van der Waals surface area contributed by atoms with Gasteiger partial charge in [-0.15, -0.1) is 12.4 Å². The van der Waals surface area contributed by atoms with E-state index in [9.17, 15) is 0 Å². The summed E-state index contributed by atoms with van der Waals surface area (Å²) in [6, 6.07) is 9.10. The Balaban J connectivity index is 0.00000180. The Hall–Kier alpha value is -2.14. The first-order valence-electron chi connectivity index (χ1n) is 5.40. The molecular formula is C13H16ClN3O2. The molecule has 4 N–H and O–H groups in total. The van der Waals surface area contributed by atoms with Gasteiger partial charge in [0.25, 0.3) is 0 Å². The van der Waals surface area contributed by atoms with Crippen LogP contribution in [0.25, 0.3) is 11.1 Å². The van der Waals surface area contributed by atoms with Crippen molar-refractivity contribution in [3.05, 3.63) is 30.3 Å². The molecule has 19 heavy (non-hydrogen) atoms. The van der Waals surface area contributed by atoms with Crippen molar-refractivity contribution in [1.29, 1.82) is 0 Å². The second-order valence-electron chi connectivity index (χ2n) is 3.71. The molecule has 1 aromatic carbocycles. The van der Waals surface area contributed by atoms with Crippen molar-refractivity contribution in [2.75, 3.05) is 25.7 Å². The zero-order valence-corrected chi connectivity index (χ0v) is 11.5. The maximum absolute atomic E-state index is 5.88. The lowest BCUT2D eigenvalue weighted by Gasteiger charge is -2.13. The maximum Gasteiger partial charge on any atom is 0.168 e. The van der Waals surface area contributed by atoms with E-state index in [4.69, 9.17) is 20.9 Å². The summed E-state index contributed by atoms with van der Waals surface area (Å²) in [5.41, 5.74) is 13.1. The van der Waals surface area contributed by atoms with Gasteiger partial charge in [0.2, 0.25) is 0 Å². The fourth-order valence-electron chi connectivity index (χ4n) is 1.82. The van der Waals surface area contributed by atoms with Gasteiger partial charge in [-0.25, -0.2) is 4.98 Å². The quantitative estimate of drug-likeness (QED) is 0.902. The predicted molar refractivity (Wildman–Crippen MR) is 78.8 cm³/mol. The third-order valence-corrected chi connectivity index (χ3v) is 2.64. The summed E-state index contributed by atoms with van der Waals surface area (Å²) in [6.07, 6.45) is 0. The van der Waals surface area contributed by atoms with Gasteiger partial charge in [0, 0.05) is 11.1 Å². The molecule has 0 fully saturated rings. The molecule has 5 nitrogen and oxygen atoms in total. The highest BCUT2D eigenvalue weighted by Gasteiger charge is 2.14. The summed E-state index contributed by atoms with van der Waals surface area (Å²) in [5.74, 6) is 2.02. The number of methoxy groups -OCH3 is 2. The van der Waals surface area contributed by atoms with E-state index in [0.29, 0.717) is 23.1 Å². The lowest BCUT2D eigenvalue weighted by Crippen LogP contribution is -2.00. The van der Waals surface area contributed by atoms with Gasteiger partial charge in [-0.1, -0.05) is 12.1 Å². The molecule has 0 atom stereocenters. The number of nitrogens with zero attached hydrogens (tertiary/aromatic N) is 1. The normalized spacial score (nSPS) is 9.58. The fraction of sp³-hybridized carbons (Fsp3) is 0.154. The lowest BCUT2D eigenvalue weighted by molar-refractivity contribution is 0.356. The predicted octanol–water partition coefficient (Wildman–Crippen LogP) is 2.35. The minimum absolute atomic E-state index is 0. The smallest absolute Gasteiger partial charge is 0.168 e. The van der Waals surface area contributed by atoms with Crippen molar-refractivity contribution < 1.29 is 9.47 Å². The van der Waals surface area contributed by atoms with E-state index in [1.165, 1.54) is 0 Å². The number of halogens is 1. The lowest BCUT2D eigenvalue weighted by atomic mass is 10.0. The van der Waals surface area contributed by atoms with E-state index in [-0.39, 0.29) is 12.4 Å². The Bertz CT molecular complexity index is 576. The Kier molecular flexibility index (Phi) is 4.83. The first kappa shape index (κ1) is 14.9. The summed E-state index contributed by atoms with van der Waals surface area (Å²) < 4.78 is 10.6. The van der Waals surface area contributed by atoms with Crippen LogP contribution in [0.3, 0.4) is 0 Å². The third kappa shape index (κ3) is 2.82. The van der Waals surface area contributed by atoms with Crippen molar-refractivity contribution in [1.82, 2.24) is 4.98 Å². The van der Waals surface area contributed by atoms with Crippen molar-refractivity contribution in [3.63, 3.8) is 0 Å². The number of rotatable bonds is 3. The number of aromatic nitrogens is 1. The SMILES string of the molecule is COc1cccc(-c2ccc(N)nc2N)c1OC.Cl. The van der Waals surface area contributed by atoms with Gasteiger partial charge in [-0.3, -0.25) is 0 Å². The molecule has 0 aliphatic rings. The highest BCUT2D eigenvalue weighted by atomic mass is 35.5. The number of benzene rings is 1. The summed E-state index contributed by atoms with van der Waals surface area (Å²) in [4.78, 5) is 4.04. The van der Waals surface area contributed by atoms with Crippen LogP contribution in [0, 0.1) is 0 Å². The van der Waals surface area contributed by atoms with Crippen LogP contribution in [-0.2, 0) is 0 Å². The van der Waals surface area contributed by atoms with Crippen LogP contribution in [0.15, 0.2) is 30.3 Å². The number of nitrogens with two attached hydrogens (primary N) is 2. The zero-order valence-electron chi connectivity index (χ0n) is 10.7. The molecule has 0 saturated heterocycles. The number of ether oxygens (including phenoxy) is 2. The van der Waals surface area contributed by atoms with Gasteiger partial charge >= 0.3 is 0 Å². The molecule has 0 amide bonds. The number of para-hydroxylation sites is 1. The fourth-order valence-corrected chi connectivity index (χ4v) is 1.82. The molecule has 0 spiro atoms. The summed E-state index contributed by atoms with van der Waals surface area (Å²) >= 11 is 0. The summed E-state index contributed by atoms with van der Waals surface area (Å²) in [5, 5.41) is 0.